The summed E-state index contributed by atoms with van der Waals surface area (Å²) in [5.41, 5.74) is 1.02. The summed E-state index contributed by atoms with van der Waals surface area (Å²) < 4.78 is 12.4. The summed E-state index contributed by atoms with van der Waals surface area (Å²) in [6.07, 6.45) is 2.83. The molecule has 0 aromatic carbocycles. The predicted molar refractivity (Wildman–Crippen MR) is 116 cm³/mol. The molecule has 4 rings (SSSR count). The van der Waals surface area contributed by atoms with Gasteiger partial charge in [-0.25, -0.2) is 9.97 Å². The third-order valence-electron chi connectivity index (χ3n) is 4.51. The van der Waals surface area contributed by atoms with E-state index < -0.39 is 17.8 Å². The quantitative estimate of drug-likeness (QED) is 0.510. The van der Waals surface area contributed by atoms with Crippen LogP contribution in [0, 0.1) is 0 Å². The summed E-state index contributed by atoms with van der Waals surface area (Å²) in [7, 11) is 0. The van der Waals surface area contributed by atoms with E-state index in [-0.39, 0.29) is 49.8 Å². The molecule has 0 radical (unpaired) electrons. The van der Waals surface area contributed by atoms with Crippen molar-refractivity contribution < 1.29 is 29.0 Å². The fourth-order valence-corrected chi connectivity index (χ4v) is 3.75. The Balaban J connectivity index is 1.62. The van der Waals surface area contributed by atoms with E-state index in [1.54, 1.807) is 23.7 Å². The number of fused-ring (bicyclic) bond motifs is 6. The van der Waals surface area contributed by atoms with E-state index in [1.165, 1.54) is 22.2 Å². The Bertz CT molecular complexity index is 1180. The van der Waals surface area contributed by atoms with Crippen LogP contribution < -0.4 is 15.4 Å². The van der Waals surface area contributed by atoms with Crippen LogP contribution in [0.15, 0.2) is 29.9 Å². The lowest BCUT2D eigenvalue weighted by atomic mass is 10.3. The first kappa shape index (κ1) is 22.4. The lowest BCUT2D eigenvalue weighted by molar-refractivity contribution is -0.137. The third kappa shape index (κ3) is 5.70. The fourth-order valence-electron chi connectivity index (χ4n) is 2.95. The summed E-state index contributed by atoms with van der Waals surface area (Å²) in [6, 6.07) is 3.49. The number of hydrogen-bond donors (Lipinski definition) is 3. The number of rotatable bonds is 3. The predicted octanol–water partition coefficient (Wildman–Crippen LogP) is 1.27. The summed E-state index contributed by atoms with van der Waals surface area (Å²) in [5.74, 6) is -1.65. The van der Waals surface area contributed by atoms with E-state index in [9.17, 15) is 14.4 Å². The second-order valence-electron chi connectivity index (χ2n) is 6.89. The van der Waals surface area contributed by atoms with Gasteiger partial charge in [-0.15, -0.1) is 11.3 Å². The molecule has 1 aliphatic heterocycles. The van der Waals surface area contributed by atoms with Gasteiger partial charge in [0.1, 0.15) is 17.3 Å². The Morgan fingerprint density at radius 2 is 2.12 bits per heavy atom. The van der Waals surface area contributed by atoms with Crippen molar-refractivity contribution in [3.05, 3.63) is 41.3 Å². The Hall–Kier alpha value is -3.84. The van der Waals surface area contributed by atoms with Crippen LogP contribution in [0.4, 0.5) is 5.69 Å². The van der Waals surface area contributed by atoms with Crippen LogP contribution in [0.5, 0.6) is 5.88 Å². The molecule has 33 heavy (non-hydrogen) atoms. The molecule has 0 atom stereocenters. The number of hydrogen-bond acceptors (Lipinski definition) is 9. The molecule has 0 unspecified atom stereocenters. The summed E-state index contributed by atoms with van der Waals surface area (Å²) in [4.78, 5) is 44.9. The molecule has 0 saturated carbocycles. The highest BCUT2D eigenvalue weighted by Crippen LogP contribution is 2.26. The number of amides is 2. The molecule has 3 N–H and O–H groups in total. The first-order valence-corrected chi connectivity index (χ1v) is 10.9. The van der Waals surface area contributed by atoms with E-state index in [0.717, 1.165) is 5.56 Å². The Morgan fingerprint density at radius 1 is 1.24 bits per heavy atom. The number of aromatic nitrogens is 4. The second-order valence-corrected chi connectivity index (χ2v) is 7.75. The van der Waals surface area contributed by atoms with Gasteiger partial charge >= 0.3 is 5.97 Å². The molecule has 3 aromatic rings. The highest BCUT2D eigenvalue weighted by molar-refractivity contribution is 7.13. The molecule has 0 fully saturated rings. The average Bonchev–Trinajstić information content (AvgIpc) is 3.44. The number of carbonyl (C=O) groups excluding carboxylic acids is 2. The van der Waals surface area contributed by atoms with E-state index in [1.807, 2.05) is 0 Å². The van der Waals surface area contributed by atoms with Crippen LogP contribution in [-0.2, 0) is 16.1 Å². The van der Waals surface area contributed by atoms with E-state index in [0.29, 0.717) is 17.5 Å². The van der Waals surface area contributed by atoms with Crippen molar-refractivity contribution >= 4 is 34.8 Å². The van der Waals surface area contributed by atoms with Crippen LogP contribution in [0.2, 0.25) is 0 Å². The standard InChI is InChI=1S/C20H20N6O6S/c27-16(28)2-5-26-10-13-17(25-26)19(30)22-4-6-31-7-8-32-15-9-12(1-3-21-15)20-24-14(11-33-20)18(29)23-13/h1,3,9-11H,2,4-8H2,(H,22,30)(H,23,29)(H,27,28). The van der Waals surface area contributed by atoms with E-state index in [2.05, 4.69) is 25.7 Å². The van der Waals surface area contributed by atoms with Crippen molar-refractivity contribution in [1.82, 2.24) is 25.1 Å². The number of pyridine rings is 1. The SMILES string of the molecule is O=C(O)CCn1cc2c(n1)C(=O)NCCOCCOc1cc(ccn1)-c1nc(cs1)C(=O)N2. The van der Waals surface area contributed by atoms with Gasteiger partial charge in [0, 0.05) is 35.9 Å². The van der Waals surface area contributed by atoms with Gasteiger partial charge in [0.2, 0.25) is 5.88 Å². The molecule has 0 spiro atoms. The molecule has 4 heterocycles. The maximum Gasteiger partial charge on any atom is 0.305 e. The van der Waals surface area contributed by atoms with Gasteiger partial charge in [-0.1, -0.05) is 0 Å². The lowest BCUT2D eigenvalue weighted by Gasteiger charge is -2.09. The first-order valence-electron chi connectivity index (χ1n) is 10.0. The van der Waals surface area contributed by atoms with E-state index >= 15 is 0 Å². The maximum atomic E-state index is 12.8. The number of aryl methyl sites for hydroxylation is 1. The lowest BCUT2D eigenvalue weighted by Crippen LogP contribution is -2.29. The maximum absolute atomic E-state index is 12.8. The Morgan fingerprint density at radius 3 is 2.97 bits per heavy atom. The van der Waals surface area contributed by atoms with Crippen LogP contribution in [0.25, 0.3) is 10.6 Å². The number of aliphatic carboxylic acids is 1. The van der Waals surface area contributed by atoms with Crippen LogP contribution in [0.3, 0.4) is 0 Å². The Kier molecular flexibility index (Phi) is 6.90. The zero-order valence-electron chi connectivity index (χ0n) is 17.3. The Labute approximate surface area is 191 Å². The number of nitrogens with zero attached hydrogens (tertiary/aromatic N) is 4. The molecule has 1 aliphatic rings. The van der Waals surface area contributed by atoms with Crippen molar-refractivity contribution in [1.29, 1.82) is 0 Å². The highest BCUT2D eigenvalue weighted by Gasteiger charge is 2.21. The van der Waals surface area contributed by atoms with Crippen LogP contribution >= 0.6 is 11.3 Å². The molecular weight excluding hydrogens is 452 g/mol. The number of carbonyl (C=O) groups is 3. The molecule has 0 aliphatic carbocycles. The molecule has 13 heteroatoms. The van der Waals surface area contributed by atoms with Crippen LogP contribution in [0.1, 0.15) is 27.4 Å². The molecule has 3 aromatic heterocycles. The molecule has 12 nitrogen and oxygen atoms in total. The minimum atomic E-state index is -1.00. The summed E-state index contributed by atoms with van der Waals surface area (Å²) in [6.45, 7) is 1.06. The van der Waals surface area contributed by atoms with Gasteiger partial charge in [-0.2, -0.15) is 5.10 Å². The largest absolute Gasteiger partial charge is 0.481 e. The minimum Gasteiger partial charge on any atom is -0.481 e. The molecule has 0 saturated heterocycles. The fraction of sp³-hybridized carbons (Fsp3) is 0.300. The number of carboxylic acid groups (broad SMARTS) is 1. The monoisotopic (exact) mass is 472 g/mol. The van der Waals surface area contributed by atoms with Crippen molar-refractivity contribution in [2.75, 3.05) is 31.7 Å². The van der Waals surface area contributed by atoms with Gasteiger partial charge in [-0.3, -0.25) is 19.1 Å². The second kappa shape index (κ2) is 10.2. The number of nitrogens with one attached hydrogen (secondary N) is 2. The highest BCUT2D eigenvalue weighted by atomic mass is 32.1. The van der Waals surface area contributed by atoms with Gasteiger partial charge in [0.05, 0.1) is 31.9 Å². The van der Waals surface area contributed by atoms with Crippen LogP contribution in [-0.4, -0.2) is 69.0 Å². The number of carboxylic acids is 1. The van der Waals surface area contributed by atoms with Crippen molar-refractivity contribution in [3.63, 3.8) is 0 Å². The minimum absolute atomic E-state index is 0.0348. The zero-order chi connectivity index (χ0) is 23.2. The molecule has 4 bridgehead atoms. The summed E-state index contributed by atoms with van der Waals surface area (Å²) >= 11 is 1.27. The smallest absolute Gasteiger partial charge is 0.305 e. The number of thiazole rings is 1. The summed E-state index contributed by atoms with van der Waals surface area (Å²) in [5, 5.41) is 20.6. The molecule has 172 valence electrons. The normalized spacial score (nSPS) is 14.8. The first-order chi connectivity index (χ1) is 16.0. The van der Waals surface area contributed by atoms with Crippen molar-refractivity contribution in [2.45, 2.75) is 13.0 Å². The zero-order valence-corrected chi connectivity index (χ0v) is 18.1. The van der Waals surface area contributed by atoms with Gasteiger partial charge < -0.3 is 25.2 Å². The molecular formula is C20H20N6O6S. The van der Waals surface area contributed by atoms with Crippen molar-refractivity contribution in [2.24, 2.45) is 0 Å². The van der Waals surface area contributed by atoms with Crippen molar-refractivity contribution in [3.8, 4) is 16.5 Å². The topological polar surface area (TPSA) is 158 Å². The third-order valence-corrected chi connectivity index (χ3v) is 5.40. The van der Waals surface area contributed by atoms with Gasteiger partial charge in [0.25, 0.3) is 11.8 Å². The van der Waals surface area contributed by atoms with Gasteiger partial charge in [-0.05, 0) is 6.07 Å². The number of ether oxygens (including phenoxy) is 2. The number of anilines is 1. The molecule has 2 amide bonds. The van der Waals surface area contributed by atoms with Gasteiger partial charge in [0.15, 0.2) is 5.69 Å². The average molecular weight is 472 g/mol. The van der Waals surface area contributed by atoms with E-state index in [4.69, 9.17) is 14.6 Å².